The Morgan fingerprint density at radius 2 is 2.07 bits per heavy atom. The molecule has 0 heterocycles. The Balaban J connectivity index is 2.26. The molecule has 4 nitrogen and oxygen atoms in total. The zero-order valence-corrected chi connectivity index (χ0v) is 9.41. The van der Waals surface area contributed by atoms with Crippen LogP contribution in [0.1, 0.15) is 45.4 Å². The molecule has 0 radical (unpaired) electrons. The monoisotopic (exact) mass is 214 g/mol. The summed E-state index contributed by atoms with van der Waals surface area (Å²) in [5.41, 5.74) is 5.97. The highest BCUT2D eigenvalue weighted by molar-refractivity contribution is 5.64. The number of carbonyl (C=O) groups is 1. The van der Waals surface area contributed by atoms with E-state index in [4.69, 9.17) is 10.8 Å². The number of carboxylic acid groups (broad SMARTS) is 1. The van der Waals surface area contributed by atoms with Crippen LogP contribution in [0.25, 0.3) is 0 Å². The molecular weight excluding hydrogens is 192 g/mol. The summed E-state index contributed by atoms with van der Waals surface area (Å²) in [5.74, 6) is 0.701. The molecule has 0 bridgehead atoms. The van der Waals surface area contributed by atoms with Gasteiger partial charge in [-0.1, -0.05) is 32.1 Å². The first-order valence-electron chi connectivity index (χ1n) is 5.84. The van der Waals surface area contributed by atoms with Crippen LogP contribution in [0.2, 0.25) is 0 Å². The Kier molecular flexibility index (Phi) is 4.88. The van der Waals surface area contributed by atoms with Crippen molar-refractivity contribution in [3.63, 3.8) is 0 Å². The maximum Gasteiger partial charge on any atom is 0.404 e. The summed E-state index contributed by atoms with van der Waals surface area (Å²) >= 11 is 0. The Morgan fingerprint density at radius 3 is 2.60 bits per heavy atom. The highest BCUT2D eigenvalue weighted by atomic mass is 16.4. The Bertz CT molecular complexity index is 203. The quantitative estimate of drug-likeness (QED) is 0.669. The number of amides is 1. The van der Waals surface area contributed by atoms with Gasteiger partial charge in [0, 0.05) is 12.1 Å². The lowest BCUT2D eigenvalue weighted by Gasteiger charge is -2.27. The second-order valence-electron chi connectivity index (χ2n) is 4.64. The SMILES string of the molecule is CC(NC(=O)O)[C@@H](N)CC1CCCCC1. The van der Waals surface area contributed by atoms with Gasteiger partial charge in [-0.25, -0.2) is 4.79 Å². The molecule has 1 rings (SSSR count). The lowest BCUT2D eigenvalue weighted by Crippen LogP contribution is -2.46. The van der Waals surface area contributed by atoms with Crippen LogP contribution in [0, 0.1) is 5.92 Å². The Morgan fingerprint density at radius 1 is 1.47 bits per heavy atom. The average Bonchev–Trinajstić information content (AvgIpc) is 2.18. The second kappa shape index (κ2) is 5.95. The largest absolute Gasteiger partial charge is 0.465 e. The van der Waals surface area contributed by atoms with Crippen LogP contribution in [-0.2, 0) is 0 Å². The van der Waals surface area contributed by atoms with Crippen LogP contribution in [0.15, 0.2) is 0 Å². The summed E-state index contributed by atoms with van der Waals surface area (Å²) < 4.78 is 0. The smallest absolute Gasteiger partial charge is 0.404 e. The fourth-order valence-corrected chi connectivity index (χ4v) is 2.31. The predicted octanol–water partition coefficient (Wildman–Crippen LogP) is 1.94. The molecule has 0 saturated heterocycles. The van der Waals surface area contributed by atoms with Gasteiger partial charge in [-0.3, -0.25) is 0 Å². The lowest BCUT2D eigenvalue weighted by atomic mass is 9.84. The minimum absolute atomic E-state index is 0.0517. The summed E-state index contributed by atoms with van der Waals surface area (Å²) in [5, 5.41) is 11.0. The molecule has 1 unspecified atom stereocenters. The maximum atomic E-state index is 10.4. The molecule has 1 saturated carbocycles. The molecule has 1 fully saturated rings. The van der Waals surface area contributed by atoms with Gasteiger partial charge in [0.1, 0.15) is 0 Å². The third-order valence-corrected chi connectivity index (χ3v) is 3.32. The van der Waals surface area contributed by atoms with Crippen LogP contribution in [0.4, 0.5) is 4.79 Å². The average molecular weight is 214 g/mol. The molecule has 2 atom stereocenters. The van der Waals surface area contributed by atoms with E-state index >= 15 is 0 Å². The molecule has 0 aromatic carbocycles. The van der Waals surface area contributed by atoms with E-state index in [0.717, 1.165) is 6.42 Å². The molecule has 0 aromatic heterocycles. The van der Waals surface area contributed by atoms with Crippen molar-refractivity contribution in [2.24, 2.45) is 11.7 Å². The van der Waals surface area contributed by atoms with Crippen LogP contribution in [0.3, 0.4) is 0 Å². The lowest BCUT2D eigenvalue weighted by molar-refractivity contribution is 0.186. The molecule has 1 amide bonds. The van der Waals surface area contributed by atoms with E-state index in [0.29, 0.717) is 5.92 Å². The van der Waals surface area contributed by atoms with Gasteiger partial charge < -0.3 is 16.2 Å². The van der Waals surface area contributed by atoms with Crippen LogP contribution in [0.5, 0.6) is 0 Å². The summed E-state index contributed by atoms with van der Waals surface area (Å²) in [7, 11) is 0. The Labute approximate surface area is 91.2 Å². The standard InChI is InChI=1S/C11H22N2O2/c1-8(13-11(14)15)10(12)7-9-5-3-2-4-6-9/h8-10,13H,2-7,12H2,1H3,(H,14,15)/t8?,10-/m0/s1. The van der Waals surface area contributed by atoms with Crippen molar-refractivity contribution in [2.75, 3.05) is 0 Å². The zero-order chi connectivity index (χ0) is 11.3. The third-order valence-electron chi connectivity index (χ3n) is 3.32. The molecule has 4 N–H and O–H groups in total. The first-order valence-corrected chi connectivity index (χ1v) is 5.84. The van der Waals surface area contributed by atoms with Gasteiger partial charge in [0.2, 0.25) is 0 Å². The number of hydrogen-bond donors (Lipinski definition) is 3. The zero-order valence-electron chi connectivity index (χ0n) is 9.41. The summed E-state index contributed by atoms with van der Waals surface area (Å²) in [6.45, 7) is 1.83. The minimum atomic E-state index is -0.985. The number of nitrogens with one attached hydrogen (secondary N) is 1. The van der Waals surface area contributed by atoms with Crippen molar-refractivity contribution in [1.82, 2.24) is 5.32 Å². The summed E-state index contributed by atoms with van der Waals surface area (Å²) in [6, 6.07) is -0.200. The molecule has 1 aliphatic carbocycles. The Hall–Kier alpha value is -0.770. The van der Waals surface area contributed by atoms with E-state index in [1.165, 1.54) is 32.1 Å². The predicted molar refractivity (Wildman–Crippen MR) is 59.8 cm³/mol. The number of hydrogen-bond acceptors (Lipinski definition) is 2. The summed E-state index contributed by atoms with van der Waals surface area (Å²) in [4.78, 5) is 10.4. The molecule has 0 spiro atoms. The van der Waals surface area contributed by atoms with E-state index in [9.17, 15) is 4.79 Å². The molecule has 0 aromatic rings. The summed E-state index contributed by atoms with van der Waals surface area (Å²) in [6.07, 6.45) is 6.43. The van der Waals surface area contributed by atoms with Crippen molar-refractivity contribution in [3.05, 3.63) is 0 Å². The maximum absolute atomic E-state index is 10.4. The fourth-order valence-electron chi connectivity index (χ4n) is 2.31. The van der Waals surface area contributed by atoms with Gasteiger partial charge in [-0.15, -0.1) is 0 Å². The van der Waals surface area contributed by atoms with Crippen LogP contribution in [-0.4, -0.2) is 23.3 Å². The second-order valence-corrected chi connectivity index (χ2v) is 4.64. The van der Waals surface area contributed by atoms with Crippen molar-refractivity contribution < 1.29 is 9.90 Å². The van der Waals surface area contributed by atoms with E-state index in [-0.39, 0.29) is 12.1 Å². The molecule has 15 heavy (non-hydrogen) atoms. The number of nitrogens with two attached hydrogens (primary N) is 1. The van der Waals surface area contributed by atoms with E-state index in [1.807, 2.05) is 6.92 Å². The molecule has 88 valence electrons. The van der Waals surface area contributed by atoms with Crippen LogP contribution >= 0.6 is 0 Å². The van der Waals surface area contributed by atoms with E-state index in [2.05, 4.69) is 5.32 Å². The highest BCUT2D eigenvalue weighted by Crippen LogP contribution is 2.27. The first kappa shape index (κ1) is 12.3. The van der Waals surface area contributed by atoms with Gasteiger partial charge in [-0.2, -0.15) is 0 Å². The highest BCUT2D eigenvalue weighted by Gasteiger charge is 2.21. The minimum Gasteiger partial charge on any atom is -0.465 e. The fraction of sp³-hybridized carbons (Fsp3) is 0.909. The van der Waals surface area contributed by atoms with Gasteiger partial charge >= 0.3 is 6.09 Å². The van der Waals surface area contributed by atoms with Crippen molar-refractivity contribution in [2.45, 2.75) is 57.5 Å². The van der Waals surface area contributed by atoms with Gasteiger partial charge in [0.25, 0.3) is 0 Å². The third kappa shape index (κ3) is 4.51. The van der Waals surface area contributed by atoms with Crippen molar-refractivity contribution >= 4 is 6.09 Å². The molecular formula is C11H22N2O2. The van der Waals surface area contributed by atoms with Crippen molar-refractivity contribution in [1.29, 1.82) is 0 Å². The molecule has 0 aliphatic heterocycles. The topological polar surface area (TPSA) is 75.3 Å². The number of rotatable bonds is 4. The molecule has 1 aliphatic rings. The molecule has 4 heteroatoms. The normalized spacial score (nSPS) is 22.0. The van der Waals surface area contributed by atoms with E-state index in [1.54, 1.807) is 0 Å². The van der Waals surface area contributed by atoms with Gasteiger partial charge in [0.05, 0.1) is 0 Å². The van der Waals surface area contributed by atoms with Crippen LogP contribution < -0.4 is 11.1 Å². The van der Waals surface area contributed by atoms with E-state index < -0.39 is 6.09 Å². The van der Waals surface area contributed by atoms with Gasteiger partial charge in [0.15, 0.2) is 0 Å². The van der Waals surface area contributed by atoms with Gasteiger partial charge in [-0.05, 0) is 19.3 Å². The first-order chi connectivity index (χ1) is 7.09. The van der Waals surface area contributed by atoms with Crippen molar-refractivity contribution in [3.8, 4) is 0 Å².